The van der Waals surface area contributed by atoms with Crippen LogP contribution >= 0.6 is 11.8 Å². The molecule has 3 aromatic rings. The van der Waals surface area contributed by atoms with E-state index in [2.05, 4.69) is 15.5 Å². The monoisotopic (exact) mass is 426 g/mol. The number of likely N-dealkylation sites (tertiary alicyclic amines) is 1. The second kappa shape index (κ2) is 9.08. The van der Waals surface area contributed by atoms with E-state index in [1.807, 2.05) is 30.3 Å². The summed E-state index contributed by atoms with van der Waals surface area (Å²) in [5.41, 5.74) is 1.25. The van der Waals surface area contributed by atoms with E-state index in [1.54, 1.807) is 4.90 Å². The molecular formula is C21H19FN4O3S. The largest absolute Gasteiger partial charge is 0.414 e. The number of nitrogens with zero attached hydrogens (tertiary/aromatic N) is 3. The Bertz CT molecular complexity index is 1030. The van der Waals surface area contributed by atoms with Crippen molar-refractivity contribution in [1.29, 1.82) is 0 Å². The van der Waals surface area contributed by atoms with Crippen LogP contribution in [0.1, 0.15) is 29.5 Å². The van der Waals surface area contributed by atoms with Gasteiger partial charge in [0.05, 0.1) is 6.54 Å². The smallest absolute Gasteiger partial charge is 0.277 e. The van der Waals surface area contributed by atoms with Gasteiger partial charge in [0.1, 0.15) is 11.1 Å². The third-order valence-corrected chi connectivity index (χ3v) is 5.71. The Morgan fingerprint density at radius 1 is 1.17 bits per heavy atom. The molecule has 2 heterocycles. The van der Waals surface area contributed by atoms with E-state index in [0.717, 1.165) is 23.7 Å². The molecule has 2 aromatic carbocycles. The maximum Gasteiger partial charge on any atom is 0.277 e. The zero-order valence-corrected chi connectivity index (χ0v) is 16.8. The third-order valence-electron chi connectivity index (χ3n) is 4.62. The summed E-state index contributed by atoms with van der Waals surface area (Å²) in [4.78, 5) is 26.4. The van der Waals surface area contributed by atoms with Gasteiger partial charge in [0.25, 0.3) is 5.22 Å². The molecule has 0 radical (unpaired) electrons. The van der Waals surface area contributed by atoms with Crippen molar-refractivity contribution >= 4 is 29.3 Å². The Morgan fingerprint density at radius 2 is 1.93 bits per heavy atom. The summed E-state index contributed by atoms with van der Waals surface area (Å²) in [6.07, 6.45) is 1.36. The first kappa shape index (κ1) is 20.1. The minimum absolute atomic E-state index is 0.0724. The van der Waals surface area contributed by atoms with Gasteiger partial charge in [-0.3, -0.25) is 9.59 Å². The van der Waals surface area contributed by atoms with Crippen LogP contribution in [0.25, 0.3) is 0 Å². The first-order chi connectivity index (χ1) is 14.6. The molecule has 0 spiro atoms. The van der Waals surface area contributed by atoms with Crippen molar-refractivity contribution in [3.8, 4) is 0 Å². The first-order valence-corrected chi connectivity index (χ1v) is 10.3. The molecule has 1 N–H and O–H groups in total. The second-order valence-electron chi connectivity index (χ2n) is 6.79. The molecule has 0 bridgehead atoms. The number of hydrogen-bond acceptors (Lipinski definition) is 6. The van der Waals surface area contributed by atoms with Crippen molar-refractivity contribution in [2.75, 3.05) is 11.9 Å². The van der Waals surface area contributed by atoms with Crippen LogP contribution in [0.15, 0.2) is 64.2 Å². The van der Waals surface area contributed by atoms with E-state index in [9.17, 15) is 14.0 Å². The molecule has 1 aliphatic heterocycles. The molecule has 1 saturated heterocycles. The molecule has 1 unspecified atom stereocenters. The van der Waals surface area contributed by atoms with Crippen LogP contribution in [-0.2, 0) is 16.1 Å². The number of nitrogens with one attached hydrogen (secondary N) is 1. The number of aromatic nitrogens is 2. The molecule has 1 aliphatic rings. The fourth-order valence-electron chi connectivity index (χ4n) is 3.13. The molecule has 4 rings (SSSR count). The molecule has 1 fully saturated rings. The molecule has 7 nitrogen and oxygen atoms in total. The van der Waals surface area contributed by atoms with Crippen molar-refractivity contribution in [2.45, 2.75) is 29.9 Å². The highest BCUT2D eigenvalue weighted by atomic mass is 32.2. The Kier molecular flexibility index (Phi) is 6.08. The number of halogens is 1. The lowest BCUT2D eigenvalue weighted by molar-refractivity contribution is -0.128. The van der Waals surface area contributed by atoms with E-state index in [4.69, 9.17) is 4.42 Å². The molecule has 0 aliphatic carbocycles. The lowest BCUT2D eigenvalue weighted by atomic mass is 10.1. The predicted octanol–water partition coefficient (Wildman–Crippen LogP) is 3.80. The molecule has 154 valence electrons. The minimum Gasteiger partial charge on any atom is -0.414 e. The summed E-state index contributed by atoms with van der Waals surface area (Å²) in [6.45, 7) is 0.945. The number of thioether (sulfide) groups is 1. The van der Waals surface area contributed by atoms with Crippen LogP contribution in [0.5, 0.6) is 0 Å². The highest BCUT2D eigenvalue weighted by Crippen LogP contribution is 2.35. The Balaban J connectivity index is 1.50. The lowest BCUT2D eigenvalue weighted by Gasteiger charge is -2.15. The topological polar surface area (TPSA) is 88.3 Å². The average Bonchev–Trinajstić information content (AvgIpc) is 3.37. The minimum atomic E-state index is -0.655. The summed E-state index contributed by atoms with van der Waals surface area (Å²) in [5.74, 6) is -0.272. The summed E-state index contributed by atoms with van der Waals surface area (Å²) in [6, 6.07) is 14.8. The number of amides is 2. The van der Waals surface area contributed by atoms with Crippen LogP contribution in [0.2, 0.25) is 0 Å². The summed E-state index contributed by atoms with van der Waals surface area (Å²) < 4.78 is 18.8. The summed E-state index contributed by atoms with van der Waals surface area (Å²) in [5, 5.41) is 10.4. The van der Waals surface area contributed by atoms with Crippen molar-refractivity contribution in [3.63, 3.8) is 0 Å². The Labute approximate surface area is 176 Å². The number of rotatable bonds is 7. The van der Waals surface area contributed by atoms with Crippen LogP contribution in [-0.4, -0.2) is 33.5 Å². The number of carbonyl (C=O) groups is 2. The van der Waals surface area contributed by atoms with Gasteiger partial charge < -0.3 is 14.6 Å². The van der Waals surface area contributed by atoms with Crippen LogP contribution < -0.4 is 5.32 Å². The van der Waals surface area contributed by atoms with E-state index in [1.165, 1.54) is 24.3 Å². The van der Waals surface area contributed by atoms with Gasteiger partial charge in [-0.25, -0.2) is 4.39 Å². The maximum atomic E-state index is 13.1. The number of hydrogen-bond donors (Lipinski definition) is 1. The standard InChI is InChI=1S/C21H19FN4O3S/c22-15-8-10-16(11-9-15)23-20(28)19(14-5-2-1-3-6-14)30-21-25-24-17(29-21)13-26-12-4-7-18(26)27/h1-3,5-6,8-11,19H,4,7,12-13H2,(H,23,28). The lowest BCUT2D eigenvalue weighted by Crippen LogP contribution is -2.23. The molecular weight excluding hydrogens is 407 g/mol. The van der Waals surface area contributed by atoms with Gasteiger partial charge in [0.2, 0.25) is 17.7 Å². The number of benzene rings is 2. The summed E-state index contributed by atoms with van der Waals surface area (Å²) in [7, 11) is 0. The molecule has 30 heavy (non-hydrogen) atoms. The predicted molar refractivity (Wildman–Crippen MR) is 109 cm³/mol. The summed E-state index contributed by atoms with van der Waals surface area (Å²) >= 11 is 1.12. The maximum absolute atomic E-state index is 13.1. The van der Waals surface area contributed by atoms with Crippen molar-refractivity contribution < 1.29 is 18.4 Å². The van der Waals surface area contributed by atoms with Gasteiger partial charge in [-0.05, 0) is 48.0 Å². The Morgan fingerprint density at radius 3 is 2.63 bits per heavy atom. The van der Waals surface area contributed by atoms with E-state index in [0.29, 0.717) is 24.5 Å². The SMILES string of the molecule is O=C(Nc1ccc(F)cc1)C(Sc1nnc(CN2CCCC2=O)o1)c1ccccc1. The zero-order chi connectivity index (χ0) is 20.9. The van der Waals surface area contributed by atoms with E-state index in [-0.39, 0.29) is 29.4 Å². The molecule has 0 saturated carbocycles. The van der Waals surface area contributed by atoms with E-state index >= 15 is 0 Å². The molecule has 9 heteroatoms. The normalized spacial score (nSPS) is 14.7. The highest BCUT2D eigenvalue weighted by molar-refractivity contribution is 8.00. The van der Waals surface area contributed by atoms with E-state index < -0.39 is 5.25 Å². The van der Waals surface area contributed by atoms with Crippen molar-refractivity contribution in [2.24, 2.45) is 0 Å². The van der Waals surface area contributed by atoms with Gasteiger partial charge in [0, 0.05) is 18.7 Å². The number of carbonyl (C=O) groups excluding carboxylic acids is 2. The fraction of sp³-hybridized carbons (Fsp3) is 0.238. The van der Waals surface area contributed by atoms with Crippen LogP contribution in [0, 0.1) is 5.82 Å². The fourth-order valence-corrected chi connectivity index (χ4v) is 4.02. The molecule has 1 atom stereocenters. The Hall–Kier alpha value is -3.20. The van der Waals surface area contributed by atoms with Gasteiger partial charge >= 0.3 is 0 Å². The van der Waals surface area contributed by atoms with Crippen LogP contribution in [0.4, 0.5) is 10.1 Å². The first-order valence-electron chi connectivity index (χ1n) is 9.47. The second-order valence-corrected chi connectivity index (χ2v) is 7.84. The molecule has 2 amide bonds. The van der Waals surface area contributed by atoms with Gasteiger partial charge in [0.15, 0.2) is 0 Å². The third kappa shape index (κ3) is 4.85. The highest BCUT2D eigenvalue weighted by Gasteiger charge is 2.26. The van der Waals surface area contributed by atoms with Crippen LogP contribution in [0.3, 0.4) is 0 Å². The van der Waals surface area contributed by atoms with Gasteiger partial charge in [-0.15, -0.1) is 10.2 Å². The quantitative estimate of drug-likeness (QED) is 0.578. The van der Waals surface area contributed by atoms with Gasteiger partial charge in [-0.2, -0.15) is 0 Å². The molecule has 1 aromatic heterocycles. The average molecular weight is 426 g/mol. The van der Waals surface area contributed by atoms with Crippen molar-refractivity contribution in [1.82, 2.24) is 15.1 Å². The van der Waals surface area contributed by atoms with Gasteiger partial charge in [-0.1, -0.05) is 30.3 Å². The van der Waals surface area contributed by atoms with Crippen molar-refractivity contribution in [3.05, 3.63) is 71.9 Å². The zero-order valence-electron chi connectivity index (χ0n) is 16.0. The number of anilines is 1.